The quantitative estimate of drug-likeness (QED) is 0.498. The van der Waals surface area contributed by atoms with Gasteiger partial charge in [-0.2, -0.15) is 0 Å². The second kappa shape index (κ2) is 10.7. The largest absolute Gasteiger partial charge is 0.0845 e. The van der Waals surface area contributed by atoms with Crippen molar-refractivity contribution >= 4 is 0 Å². The summed E-state index contributed by atoms with van der Waals surface area (Å²) >= 11 is 0. The van der Waals surface area contributed by atoms with E-state index >= 15 is 0 Å². The predicted molar refractivity (Wildman–Crippen MR) is 73.6 cm³/mol. The molecule has 0 spiro atoms. The lowest BCUT2D eigenvalue weighted by Gasteiger charge is -2.00. The van der Waals surface area contributed by atoms with E-state index in [2.05, 4.69) is 36.5 Å². The Morgan fingerprint density at radius 1 is 0.375 bits per heavy atom. The van der Waals surface area contributed by atoms with Gasteiger partial charge in [-0.25, -0.2) is 0 Å². The molecule has 0 heteroatoms. The fraction of sp³-hybridized carbons (Fsp3) is 0.625. The SMILES string of the molecule is C1=CCCCCCCCCCC/C=C/C=C/1. The van der Waals surface area contributed by atoms with Crippen LogP contribution in [0.15, 0.2) is 36.5 Å². The lowest BCUT2D eigenvalue weighted by Crippen LogP contribution is -1.81. The van der Waals surface area contributed by atoms with Gasteiger partial charge in [0.25, 0.3) is 0 Å². The summed E-state index contributed by atoms with van der Waals surface area (Å²) < 4.78 is 0. The van der Waals surface area contributed by atoms with Gasteiger partial charge < -0.3 is 0 Å². The third-order valence-corrected chi connectivity index (χ3v) is 3.10. The van der Waals surface area contributed by atoms with E-state index < -0.39 is 0 Å². The van der Waals surface area contributed by atoms with Gasteiger partial charge in [-0.3, -0.25) is 0 Å². The molecule has 0 fully saturated rings. The summed E-state index contributed by atoms with van der Waals surface area (Å²) in [5.41, 5.74) is 0. The van der Waals surface area contributed by atoms with E-state index in [0.717, 1.165) is 0 Å². The van der Waals surface area contributed by atoms with Crippen molar-refractivity contribution in [2.24, 2.45) is 0 Å². The van der Waals surface area contributed by atoms with Crippen LogP contribution in [-0.2, 0) is 0 Å². The first-order valence-electron chi connectivity index (χ1n) is 6.98. The molecule has 0 aliphatic heterocycles. The second-order valence-electron chi connectivity index (χ2n) is 4.65. The van der Waals surface area contributed by atoms with Crippen LogP contribution in [0.3, 0.4) is 0 Å². The fourth-order valence-corrected chi connectivity index (χ4v) is 2.06. The molecule has 0 saturated heterocycles. The van der Waals surface area contributed by atoms with Crippen molar-refractivity contribution in [2.45, 2.75) is 64.2 Å². The van der Waals surface area contributed by atoms with Gasteiger partial charge in [-0.05, 0) is 25.7 Å². The molecule has 0 nitrogen and oxygen atoms in total. The lowest BCUT2D eigenvalue weighted by molar-refractivity contribution is 0.571. The molecule has 0 aromatic heterocycles. The molecule has 0 saturated carbocycles. The zero-order valence-corrected chi connectivity index (χ0v) is 10.5. The van der Waals surface area contributed by atoms with E-state index in [1.807, 2.05) is 0 Å². The molecule has 0 unspecified atom stereocenters. The summed E-state index contributed by atoms with van der Waals surface area (Å²) in [6.07, 6.45) is 27.0. The van der Waals surface area contributed by atoms with Crippen LogP contribution in [0, 0.1) is 0 Å². The van der Waals surface area contributed by atoms with Crippen LogP contribution in [0.25, 0.3) is 0 Å². The van der Waals surface area contributed by atoms with Crippen LogP contribution in [0.2, 0.25) is 0 Å². The number of hydrogen-bond donors (Lipinski definition) is 0. The van der Waals surface area contributed by atoms with E-state index in [0.29, 0.717) is 0 Å². The first-order valence-corrected chi connectivity index (χ1v) is 6.98. The van der Waals surface area contributed by atoms with Crippen LogP contribution < -0.4 is 0 Å². The smallest absolute Gasteiger partial charge is 0.0348 e. The summed E-state index contributed by atoms with van der Waals surface area (Å²) in [4.78, 5) is 0. The molecule has 1 aliphatic carbocycles. The normalized spacial score (nSPS) is 25.0. The van der Waals surface area contributed by atoms with Gasteiger partial charge in [0.2, 0.25) is 0 Å². The van der Waals surface area contributed by atoms with Crippen molar-refractivity contribution in [3.05, 3.63) is 36.5 Å². The van der Waals surface area contributed by atoms with E-state index in [-0.39, 0.29) is 0 Å². The molecule has 0 aromatic rings. The van der Waals surface area contributed by atoms with Gasteiger partial charge >= 0.3 is 0 Å². The molecule has 1 aliphatic rings. The molecule has 0 aromatic carbocycles. The molecular weight excluding hydrogens is 192 g/mol. The average Bonchev–Trinajstić information content (AvgIpc) is 2.29. The molecule has 0 atom stereocenters. The van der Waals surface area contributed by atoms with Crippen molar-refractivity contribution in [1.29, 1.82) is 0 Å². The molecule has 0 heterocycles. The van der Waals surface area contributed by atoms with Gasteiger partial charge in [0, 0.05) is 0 Å². The van der Waals surface area contributed by atoms with Crippen molar-refractivity contribution in [2.75, 3.05) is 0 Å². The molecular formula is C16H26. The first kappa shape index (κ1) is 13.3. The summed E-state index contributed by atoms with van der Waals surface area (Å²) in [5.74, 6) is 0. The number of allylic oxidation sites excluding steroid dienone is 6. The standard InChI is InChI=1S/C16H26/c1-2-4-6-8-10-12-14-16-15-13-11-9-7-5-3-1/h1-6H,7-16H2/b2-1+,5-3+,6-4?. The third-order valence-electron chi connectivity index (χ3n) is 3.10. The molecule has 16 heavy (non-hydrogen) atoms. The van der Waals surface area contributed by atoms with E-state index in [1.54, 1.807) is 0 Å². The highest BCUT2D eigenvalue weighted by Crippen LogP contribution is 2.11. The molecule has 1 rings (SSSR count). The highest BCUT2D eigenvalue weighted by Gasteiger charge is 1.91. The second-order valence-corrected chi connectivity index (χ2v) is 4.65. The predicted octanol–water partition coefficient (Wildman–Crippen LogP) is 5.57. The topological polar surface area (TPSA) is 0 Å². The lowest BCUT2D eigenvalue weighted by atomic mass is 10.1. The Bertz CT molecular complexity index is 196. The maximum Gasteiger partial charge on any atom is -0.0348 e. The van der Waals surface area contributed by atoms with Crippen molar-refractivity contribution < 1.29 is 0 Å². The van der Waals surface area contributed by atoms with Gasteiger partial charge in [-0.15, -0.1) is 0 Å². The molecule has 0 radical (unpaired) electrons. The Kier molecular flexibility index (Phi) is 8.91. The van der Waals surface area contributed by atoms with Crippen LogP contribution in [0.4, 0.5) is 0 Å². The summed E-state index contributed by atoms with van der Waals surface area (Å²) in [7, 11) is 0. The molecule has 0 amide bonds. The van der Waals surface area contributed by atoms with E-state index in [1.165, 1.54) is 64.2 Å². The Balaban J connectivity index is 2.23. The maximum absolute atomic E-state index is 2.29. The fourth-order valence-electron chi connectivity index (χ4n) is 2.06. The molecule has 90 valence electrons. The Labute approximate surface area is 101 Å². The van der Waals surface area contributed by atoms with Gasteiger partial charge in [-0.1, -0.05) is 75.0 Å². The minimum absolute atomic E-state index is 1.24. The average molecular weight is 218 g/mol. The first-order chi connectivity index (χ1) is 8.00. The summed E-state index contributed by atoms with van der Waals surface area (Å²) in [6, 6.07) is 0. The van der Waals surface area contributed by atoms with Crippen molar-refractivity contribution in [3.63, 3.8) is 0 Å². The van der Waals surface area contributed by atoms with E-state index in [4.69, 9.17) is 0 Å². The third kappa shape index (κ3) is 8.52. The van der Waals surface area contributed by atoms with Gasteiger partial charge in [0.05, 0.1) is 0 Å². The van der Waals surface area contributed by atoms with Gasteiger partial charge in [0.1, 0.15) is 0 Å². The number of rotatable bonds is 0. The zero-order valence-electron chi connectivity index (χ0n) is 10.5. The Hall–Kier alpha value is -0.780. The Morgan fingerprint density at radius 3 is 1.19 bits per heavy atom. The van der Waals surface area contributed by atoms with Crippen LogP contribution >= 0.6 is 0 Å². The van der Waals surface area contributed by atoms with Crippen LogP contribution in [0.1, 0.15) is 64.2 Å². The Morgan fingerprint density at radius 2 is 0.750 bits per heavy atom. The monoisotopic (exact) mass is 218 g/mol. The highest BCUT2D eigenvalue weighted by atomic mass is 14.0. The van der Waals surface area contributed by atoms with E-state index in [9.17, 15) is 0 Å². The minimum atomic E-state index is 1.24. The van der Waals surface area contributed by atoms with Crippen LogP contribution in [0.5, 0.6) is 0 Å². The summed E-state index contributed by atoms with van der Waals surface area (Å²) in [6.45, 7) is 0. The van der Waals surface area contributed by atoms with Crippen LogP contribution in [-0.4, -0.2) is 0 Å². The molecule has 0 N–H and O–H groups in total. The molecule has 0 bridgehead atoms. The number of hydrogen-bond acceptors (Lipinski definition) is 0. The van der Waals surface area contributed by atoms with Gasteiger partial charge in [0.15, 0.2) is 0 Å². The van der Waals surface area contributed by atoms with Crippen molar-refractivity contribution in [3.8, 4) is 0 Å². The minimum Gasteiger partial charge on any atom is -0.0845 e. The maximum atomic E-state index is 2.29. The highest BCUT2D eigenvalue weighted by molar-refractivity contribution is 5.10. The van der Waals surface area contributed by atoms with Crippen molar-refractivity contribution in [1.82, 2.24) is 0 Å². The summed E-state index contributed by atoms with van der Waals surface area (Å²) in [5, 5.41) is 0. The zero-order chi connectivity index (χ0) is 11.3.